The van der Waals surface area contributed by atoms with Crippen LogP contribution in [0.5, 0.6) is 0 Å². The van der Waals surface area contributed by atoms with Crippen LogP contribution in [0.4, 0.5) is 0 Å². The Morgan fingerprint density at radius 2 is 1.96 bits per heavy atom. The third-order valence-corrected chi connectivity index (χ3v) is 6.40. The molecule has 3 rings (SSSR count). The second-order valence-electron chi connectivity index (χ2n) is 5.43. The third kappa shape index (κ3) is 3.49. The minimum atomic E-state index is -3.67. The van der Waals surface area contributed by atoms with Crippen molar-refractivity contribution >= 4 is 27.6 Å². The molecule has 1 aliphatic heterocycles. The number of sulfonamides is 1. The summed E-state index contributed by atoms with van der Waals surface area (Å²) >= 11 is 1.74. The van der Waals surface area contributed by atoms with E-state index in [2.05, 4.69) is 4.72 Å². The number of thioether (sulfide) groups is 1. The van der Waals surface area contributed by atoms with E-state index in [9.17, 15) is 13.2 Å². The summed E-state index contributed by atoms with van der Waals surface area (Å²) in [6, 6.07) is 13.8. The zero-order chi connectivity index (χ0) is 16.4. The zero-order valence-electron chi connectivity index (χ0n) is 12.7. The van der Waals surface area contributed by atoms with Gasteiger partial charge in [0.15, 0.2) is 5.78 Å². The molecule has 0 radical (unpaired) electrons. The Kier molecular flexibility index (Phi) is 4.57. The van der Waals surface area contributed by atoms with Gasteiger partial charge in [-0.3, -0.25) is 4.79 Å². The van der Waals surface area contributed by atoms with Crippen molar-refractivity contribution < 1.29 is 13.2 Å². The summed E-state index contributed by atoms with van der Waals surface area (Å²) in [5, 5.41) is 0. The van der Waals surface area contributed by atoms with Gasteiger partial charge < -0.3 is 0 Å². The molecule has 0 saturated heterocycles. The fraction of sp³-hybridized carbons (Fsp3) is 0.235. The van der Waals surface area contributed by atoms with Crippen LogP contribution >= 0.6 is 11.8 Å². The van der Waals surface area contributed by atoms with Crippen molar-refractivity contribution in [2.24, 2.45) is 0 Å². The number of ketones is 1. The summed E-state index contributed by atoms with van der Waals surface area (Å²) in [6.07, 6.45) is 0.743. The van der Waals surface area contributed by atoms with Gasteiger partial charge in [-0.25, -0.2) is 13.1 Å². The molecule has 0 fully saturated rings. The van der Waals surface area contributed by atoms with Crippen molar-refractivity contribution in [2.75, 3.05) is 5.75 Å². The van der Waals surface area contributed by atoms with Crippen LogP contribution in [-0.4, -0.2) is 20.0 Å². The van der Waals surface area contributed by atoms with Crippen molar-refractivity contribution in [2.45, 2.75) is 29.2 Å². The minimum Gasteiger partial charge on any atom is -0.295 e. The van der Waals surface area contributed by atoms with Crippen LogP contribution in [0.1, 0.15) is 35.3 Å². The van der Waals surface area contributed by atoms with Crippen molar-refractivity contribution in [3.05, 3.63) is 59.7 Å². The standard InChI is InChI=1S/C17H17NO3S2/c1-12(19)13-5-4-6-14(11-13)23(20,21)18-16-9-10-22-17-8-3-2-7-15(16)17/h2-8,11,16,18H,9-10H2,1H3/t16-/m1/s1. The Balaban J connectivity index is 1.91. The van der Waals surface area contributed by atoms with E-state index in [1.54, 1.807) is 23.9 Å². The van der Waals surface area contributed by atoms with Crippen molar-refractivity contribution in [1.82, 2.24) is 4.72 Å². The van der Waals surface area contributed by atoms with Crippen LogP contribution in [0.3, 0.4) is 0 Å². The van der Waals surface area contributed by atoms with E-state index in [4.69, 9.17) is 0 Å². The van der Waals surface area contributed by atoms with Crippen LogP contribution in [0.2, 0.25) is 0 Å². The maximum Gasteiger partial charge on any atom is 0.241 e. The van der Waals surface area contributed by atoms with Crippen LogP contribution in [0.25, 0.3) is 0 Å². The molecule has 1 heterocycles. The highest BCUT2D eigenvalue weighted by Crippen LogP contribution is 2.36. The highest BCUT2D eigenvalue weighted by molar-refractivity contribution is 7.99. The summed E-state index contributed by atoms with van der Waals surface area (Å²) < 4.78 is 28.1. The molecule has 1 N–H and O–H groups in total. The van der Waals surface area contributed by atoms with Gasteiger partial charge in [-0.05, 0) is 42.9 Å². The van der Waals surface area contributed by atoms with Gasteiger partial charge in [-0.15, -0.1) is 11.8 Å². The van der Waals surface area contributed by atoms with Gasteiger partial charge in [-0.1, -0.05) is 30.3 Å². The predicted molar refractivity (Wildman–Crippen MR) is 91.3 cm³/mol. The van der Waals surface area contributed by atoms with Gasteiger partial charge in [0.05, 0.1) is 4.90 Å². The molecule has 0 amide bonds. The predicted octanol–water partition coefficient (Wildman–Crippen LogP) is 3.40. The lowest BCUT2D eigenvalue weighted by Gasteiger charge is -2.25. The Labute approximate surface area is 140 Å². The summed E-state index contributed by atoms with van der Waals surface area (Å²) in [7, 11) is -3.67. The Hall–Kier alpha value is -1.63. The molecule has 0 bridgehead atoms. The largest absolute Gasteiger partial charge is 0.295 e. The van der Waals surface area contributed by atoms with Crippen LogP contribution < -0.4 is 4.72 Å². The first-order chi connectivity index (χ1) is 11.0. The SMILES string of the molecule is CC(=O)c1cccc(S(=O)(=O)N[C@@H]2CCSc3ccccc32)c1. The maximum absolute atomic E-state index is 12.7. The molecule has 0 spiro atoms. The van der Waals surface area contributed by atoms with E-state index < -0.39 is 10.0 Å². The molecule has 0 aromatic heterocycles. The molecule has 2 aromatic carbocycles. The first kappa shape index (κ1) is 16.2. The maximum atomic E-state index is 12.7. The first-order valence-corrected chi connectivity index (χ1v) is 9.79. The number of benzene rings is 2. The van der Waals surface area contributed by atoms with Crippen LogP contribution in [-0.2, 0) is 10.0 Å². The fourth-order valence-corrected chi connectivity index (χ4v) is 5.02. The first-order valence-electron chi connectivity index (χ1n) is 7.32. The van der Waals surface area contributed by atoms with Gasteiger partial charge >= 0.3 is 0 Å². The second-order valence-corrected chi connectivity index (χ2v) is 8.28. The average molecular weight is 347 g/mol. The Morgan fingerprint density at radius 1 is 1.17 bits per heavy atom. The molecular formula is C17H17NO3S2. The van der Waals surface area contributed by atoms with Crippen LogP contribution in [0.15, 0.2) is 58.3 Å². The molecule has 0 saturated carbocycles. The summed E-state index contributed by atoms with van der Waals surface area (Å²) in [5.74, 6) is 0.721. The number of hydrogen-bond donors (Lipinski definition) is 1. The minimum absolute atomic E-state index is 0.126. The van der Waals surface area contributed by atoms with E-state index in [1.807, 2.05) is 24.3 Å². The number of carbonyl (C=O) groups is 1. The van der Waals surface area contributed by atoms with Crippen molar-refractivity contribution in [3.63, 3.8) is 0 Å². The monoisotopic (exact) mass is 347 g/mol. The lowest BCUT2D eigenvalue weighted by atomic mass is 10.1. The molecule has 23 heavy (non-hydrogen) atoms. The van der Waals surface area contributed by atoms with E-state index >= 15 is 0 Å². The number of fused-ring (bicyclic) bond motifs is 1. The smallest absolute Gasteiger partial charge is 0.241 e. The second kappa shape index (κ2) is 6.47. The van der Waals surface area contributed by atoms with Crippen molar-refractivity contribution in [1.29, 1.82) is 0 Å². The summed E-state index contributed by atoms with van der Waals surface area (Å²) in [4.78, 5) is 12.7. The fourth-order valence-electron chi connectivity index (χ4n) is 2.60. The van der Waals surface area contributed by atoms with Gasteiger partial charge in [0.2, 0.25) is 10.0 Å². The number of Topliss-reactive ketones (excluding diaryl/α,β-unsaturated/α-hetero) is 1. The Bertz CT molecular complexity index is 846. The average Bonchev–Trinajstić information content (AvgIpc) is 2.55. The van der Waals surface area contributed by atoms with Gasteiger partial charge in [0.25, 0.3) is 0 Å². The number of nitrogens with one attached hydrogen (secondary N) is 1. The highest BCUT2D eigenvalue weighted by atomic mass is 32.2. The number of carbonyl (C=O) groups excluding carboxylic acids is 1. The van der Waals surface area contributed by atoms with Gasteiger partial charge in [0.1, 0.15) is 0 Å². The quantitative estimate of drug-likeness (QED) is 0.861. The van der Waals surface area contributed by atoms with E-state index in [-0.39, 0.29) is 16.7 Å². The van der Waals surface area contributed by atoms with Crippen molar-refractivity contribution in [3.8, 4) is 0 Å². The lowest BCUT2D eigenvalue weighted by molar-refractivity contribution is 0.101. The highest BCUT2D eigenvalue weighted by Gasteiger charge is 2.26. The molecule has 0 aliphatic carbocycles. The summed E-state index contributed by atoms with van der Waals surface area (Å²) in [5.41, 5.74) is 1.41. The Morgan fingerprint density at radius 3 is 2.74 bits per heavy atom. The topological polar surface area (TPSA) is 63.2 Å². The molecular weight excluding hydrogens is 330 g/mol. The molecule has 4 nitrogen and oxygen atoms in total. The van der Waals surface area contributed by atoms with Gasteiger partial charge in [0, 0.05) is 16.5 Å². The molecule has 2 aromatic rings. The lowest BCUT2D eigenvalue weighted by Crippen LogP contribution is -2.30. The molecule has 6 heteroatoms. The van der Waals surface area contributed by atoms with E-state index in [1.165, 1.54) is 19.1 Å². The van der Waals surface area contributed by atoms with E-state index in [0.29, 0.717) is 5.56 Å². The molecule has 0 unspecified atom stereocenters. The number of rotatable bonds is 4. The van der Waals surface area contributed by atoms with Gasteiger partial charge in [-0.2, -0.15) is 0 Å². The normalized spacial score (nSPS) is 17.5. The molecule has 1 aliphatic rings. The number of hydrogen-bond acceptors (Lipinski definition) is 4. The molecule has 120 valence electrons. The summed E-state index contributed by atoms with van der Waals surface area (Å²) in [6.45, 7) is 1.42. The van der Waals surface area contributed by atoms with Crippen LogP contribution in [0, 0.1) is 0 Å². The third-order valence-electron chi connectivity index (χ3n) is 3.81. The zero-order valence-corrected chi connectivity index (χ0v) is 14.3. The molecule has 1 atom stereocenters. The van der Waals surface area contributed by atoms with E-state index in [0.717, 1.165) is 22.6 Å².